The summed E-state index contributed by atoms with van der Waals surface area (Å²) < 4.78 is 28.6. The maximum absolute atomic E-state index is 12.5. The SMILES string of the molecule is CC(=O)N1CCC(CNS(=O)(=O)c2csc3ccccc23)C1. The van der Waals surface area contributed by atoms with Gasteiger partial charge in [0.2, 0.25) is 15.9 Å². The van der Waals surface area contributed by atoms with Gasteiger partial charge in [-0.2, -0.15) is 0 Å². The molecule has 1 aliphatic rings. The highest BCUT2D eigenvalue weighted by Gasteiger charge is 2.26. The lowest BCUT2D eigenvalue weighted by Gasteiger charge is -2.14. The summed E-state index contributed by atoms with van der Waals surface area (Å²) >= 11 is 1.43. The molecule has 1 saturated heterocycles. The number of benzene rings is 1. The first kappa shape index (κ1) is 15.5. The van der Waals surface area contributed by atoms with Gasteiger partial charge in [0.25, 0.3) is 0 Å². The second-order valence-corrected chi connectivity index (χ2v) is 8.21. The molecule has 7 heteroatoms. The van der Waals surface area contributed by atoms with Gasteiger partial charge >= 0.3 is 0 Å². The van der Waals surface area contributed by atoms with Crippen LogP contribution < -0.4 is 4.72 Å². The number of thiophene rings is 1. The average molecular weight is 338 g/mol. The summed E-state index contributed by atoms with van der Waals surface area (Å²) in [6.07, 6.45) is 0.840. The van der Waals surface area contributed by atoms with Crippen molar-refractivity contribution in [3.63, 3.8) is 0 Å². The van der Waals surface area contributed by atoms with E-state index in [1.165, 1.54) is 11.3 Å². The minimum Gasteiger partial charge on any atom is -0.343 e. The molecule has 0 spiro atoms. The number of carbonyl (C=O) groups excluding carboxylic acids is 1. The quantitative estimate of drug-likeness (QED) is 0.928. The summed E-state index contributed by atoms with van der Waals surface area (Å²) in [6, 6.07) is 7.49. The minimum absolute atomic E-state index is 0.0502. The molecule has 0 radical (unpaired) electrons. The zero-order valence-electron chi connectivity index (χ0n) is 12.3. The standard InChI is InChI=1S/C15H18N2O3S2/c1-11(18)17-7-6-12(9-17)8-16-22(19,20)15-10-21-14-5-3-2-4-13(14)15/h2-5,10,12,16H,6-9H2,1H3. The summed E-state index contributed by atoms with van der Waals surface area (Å²) in [5.41, 5.74) is 0. The largest absolute Gasteiger partial charge is 0.343 e. The van der Waals surface area contributed by atoms with Crippen molar-refractivity contribution in [2.24, 2.45) is 5.92 Å². The highest BCUT2D eigenvalue weighted by molar-refractivity contribution is 7.90. The zero-order chi connectivity index (χ0) is 15.7. The van der Waals surface area contributed by atoms with Crippen LogP contribution in [-0.4, -0.2) is 38.9 Å². The van der Waals surface area contributed by atoms with E-state index in [9.17, 15) is 13.2 Å². The summed E-state index contributed by atoms with van der Waals surface area (Å²) in [6.45, 7) is 3.26. The number of likely N-dealkylation sites (tertiary alicyclic amines) is 1. The minimum atomic E-state index is -3.51. The van der Waals surface area contributed by atoms with Crippen molar-refractivity contribution in [3.8, 4) is 0 Å². The van der Waals surface area contributed by atoms with Crippen LogP contribution >= 0.6 is 11.3 Å². The second kappa shape index (κ2) is 5.98. The molecule has 0 aliphatic carbocycles. The Labute approximate surface area is 134 Å². The molecule has 1 unspecified atom stereocenters. The molecule has 1 aromatic carbocycles. The number of fused-ring (bicyclic) bond motifs is 1. The lowest BCUT2D eigenvalue weighted by Crippen LogP contribution is -2.32. The number of carbonyl (C=O) groups is 1. The lowest BCUT2D eigenvalue weighted by atomic mass is 10.1. The normalized spacial score (nSPS) is 19.0. The number of nitrogens with zero attached hydrogens (tertiary/aromatic N) is 1. The van der Waals surface area contributed by atoms with Crippen molar-refractivity contribution in [2.45, 2.75) is 18.2 Å². The van der Waals surface area contributed by atoms with Crippen LogP contribution in [0.15, 0.2) is 34.5 Å². The van der Waals surface area contributed by atoms with Gasteiger partial charge in [0.15, 0.2) is 0 Å². The Morgan fingerprint density at radius 1 is 1.41 bits per heavy atom. The van der Waals surface area contributed by atoms with E-state index in [0.717, 1.165) is 16.5 Å². The molecule has 0 bridgehead atoms. The maximum atomic E-state index is 12.5. The Hall–Kier alpha value is -1.44. The first-order valence-electron chi connectivity index (χ1n) is 7.19. The number of nitrogens with one attached hydrogen (secondary N) is 1. The Bertz CT molecular complexity index is 798. The summed E-state index contributed by atoms with van der Waals surface area (Å²) in [5, 5.41) is 2.44. The molecule has 0 saturated carbocycles. The molecule has 118 valence electrons. The predicted molar refractivity (Wildman–Crippen MR) is 87.4 cm³/mol. The van der Waals surface area contributed by atoms with E-state index >= 15 is 0 Å². The third-order valence-corrected chi connectivity index (χ3v) is 6.60. The Morgan fingerprint density at radius 3 is 2.91 bits per heavy atom. The predicted octanol–water partition coefficient (Wildman–Crippen LogP) is 2.05. The van der Waals surface area contributed by atoms with Crippen LogP contribution in [0.5, 0.6) is 0 Å². The topological polar surface area (TPSA) is 66.5 Å². The van der Waals surface area contributed by atoms with Crippen LogP contribution in [0.25, 0.3) is 10.1 Å². The smallest absolute Gasteiger partial charge is 0.242 e. The van der Waals surface area contributed by atoms with E-state index in [1.807, 2.05) is 24.3 Å². The van der Waals surface area contributed by atoms with Gasteiger partial charge in [-0.05, 0) is 18.4 Å². The van der Waals surface area contributed by atoms with Gasteiger partial charge in [0.1, 0.15) is 4.90 Å². The second-order valence-electron chi connectivity index (χ2n) is 5.57. The van der Waals surface area contributed by atoms with Crippen LogP contribution in [0.4, 0.5) is 0 Å². The third-order valence-electron chi connectivity index (χ3n) is 4.03. The van der Waals surface area contributed by atoms with Gasteiger partial charge < -0.3 is 4.90 Å². The highest BCUT2D eigenvalue weighted by atomic mass is 32.2. The Kier molecular flexibility index (Phi) is 4.20. The first-order valence-corrected chi connectivity index (χ1v) is 9.55. The molecule has 22 heavy (non-hydrogen) atoms. The molecule has 1 aromatic heterocycles. The number of hydrogen-bond donors (Lipinski definition) is 1. The molecular formula is C15H18N2O3S2. The maximum Gasteiger partial charge on any atom is 0.242 e. The van der Waals surface area contributed by atoms with Crippen molar-refractivity contribution in [3.05, 3.63) is 29.6 Å². The van der Waals surface area contributed by atoms with Crippen molar-refractivity contribution in [2.75, 3.05) is 19.6 Å². The third kappa shape index (κ3) is 3.02. The highest BCUT2D eigenvalue weighted by Crippen LogP contribution is 2.29. The number of rotatable bonds is 4. The van der Waals surface area contributed by atoms with Crippen LogP contribution in [0.3, 0.4) is 0 Å². The molecular weight excluding hydrogens is 320 g/mol. The summed E-state index contributed by atoms with van der Waals surface area (Å²) in [5.74, 6) is 0.234. The molecule has 1 N–H and O–H groups in total. The monoisotopic (exact) mass is 338 g/mol. The number of amides is 1. The molecule has 2 aromatic rings. The summed E-state index contributed by atoms with van der Waals surface area (Å²) in [4.78, 5) is 13.4. The van der Waals surface area contributed by atoms with Crippen molar-refractivity contribution in [1.82, 2.24) is 9.62 Å². The number of sulfonamides is 1. The van der Waals surface area contributed by atoms with Gasteiger partial charge in [-0.25, -0.2) is 13.1 Å². The van der Waals surface area contributed by atoms with E-state index in [4.69, 9.17) is 0 Å². The fourth-order valence-electron chi connectivity index (χ4n) is 2.75. The fourth-order valence-corrected chi connectivity index (χ4v) is 5.37. The van der Waals surface area contributed by atoms with E-state index < -0.39 is 10.0 Å². The molecule has 2 heterocycles. The molecule has 1 amide bonds. The van der Waals surface area contributed by atoms with Crippen LogP contribution in [-0.2, 0) is 14.8 Å². The average Bonchev–Trinajstić information content (AvgIpc) is 3.12. The van der Waals surface area contributed by atoms with Crippen LogP contribution in [0.1, 0.15) is 13.3 Å². The van der Waals surface area contributed by atoms with Crippen molar-refractivity contribution < 1.29 is 13.2 Å². The molecule has 3 rings (SSSR count). The van der Waals surface area contributed by atoms with Crippen LogP contribution in [0, 0.1) is 5.92 Å². The van der Waals surface area contributed by atoms with E-state index in [2.05, 4.69) is 4.72 Å². The number of hydrogen-bond acceptors (Lipinski definition) is 4. The molecule has 5 nitrogen and oxygen atoms in total. The Morgan fingerprint density at radius 2 is 2.18 bits per heavy atom. The Balaban J connectivity index is 1.71. The van der Waals surface area contributed by atoms with E-state index in [1.54, 1.807) is 17.2 Å². The summed E-state index contributed by atoms with van der Waals surface area (Å²) in [7, 11) is -3.51. The van der Waals surface area contributed by atoms with Gasteiger partial charge in [-0.3, -0.25) is 4.79 Å². The van der Waals surface area contributed by atoms with Crippen molar-refractivity contribution >= 4 is 37.4 Å². The van der Waals surface area contributed by atoms with Gasteiger partial charge in [-0.15, -0.1) is 11.3 Å². The molecule has 1 fully saturated rings. The van der Waals surface area contributed by atoms with E-state index in [-0.39, 0.29) is 11.8 Å². The molecule has 1 atom stereocenters. The first-order chi connectivity index (χ1) is 10.5. The van der Waals surface area contributed by atoms with Gasteiger partial charge in [0.05, 0.1) is 0 Å². The van der Waals surface area contributed by atoms with Gasteiger partial charge in [-0.1, -0.05) is 18.2 Å². The zero-order valence-corrected chi connectivity index (χ0v) is 13.9. The van der Waals surface area contributed by atoms with E-state index in [0.29, 0.717) is 24.5 Å². The van der Waals surface area contributed by atoms with Gasteiger partial charge in [0, 0.05) is 42.0 Å². The lowest BCUT2D eigenvalue weighted by molar-refractivity contribution is -0.127. The fraction of sp³-hybridized carbons (Fsp3) is 0.400. The van der Waals surface area contributed by atoms with Crippen molar-refractivity contribution in [1.29, 1.82) is 0 Å². The molecule has 1 aliphatic heterocycles. The van der Waals surface area contributed by atoms with Crippen LogP contribution in [0.2, 0.25) is 0 Å².